The number of anilines is 2. The number of rotatable bonds is 2. The van der Waals surface area contributed by atoms with E-state index in [4.69, 9.17) is 0 Å². The van der Waals surface area contributed by atoms with Crippen molar-refractivity contribution in [2.24, 2.45) is 0 Å². The van der Waals surface area contributed by atoms with Gasteiger partial charge in [-0.2, -0.15) is 0 Å². The Hall–Kier alpha value is -3.61. The number of hydrogen-bond donors (Lipinski definition) is 2. The average molecular weight is 416 g/mol. The standard InChI is InChI=1S/C24H24N4O3/c1-15-12-19(14-17-4-7-22(30)26-23(15)17)27-8-10-28(11-9-27)24(31)18-2-5-20-16(13-18)3-6-21(29)25-20/h2,4-5,7,12-14H,3,6,8-11H2,1H3,(H,25,29)(H,26,30). The number of amides is 2. The fourth-order valence-electron chi connectivity index (χ4n) is 4.48. The molecule has 0 atom stereocenters. The Bertz CT molecular complexity index is 1260. The van der Waals surface area contributed by atoms with Gasteiger partial charge in [-0.25, -0.2) is 0 Å². The summed E-state index contributed by atoms with van der Waals surface area (Å²) in [6, 6.07) is 13.1. The lowest BCUT2D eigenvalue weighted by Crippen LogP contribution is -2.48. The quantitative estimate of drug-likeness (QED) is 0.673. The molecule has 0 radical (unpaired) electrons. The summed E-state index contributed by atoms with van der Waals surface area (Å²) in [5.41, 5.74) is 5.42. The second kappa shape index (κ2) is 7.58. The molecule has 1 saturated heterocycles. The van der Waals surface area contributed by atoms with Crippen LogP contribution in [0.1, 0.15) is 27.9 Å². The van der Waals surface area contributed by atoms with E-state index in [1.165, 1.54) is 0 Å². The number of benzene rings is 2. The molecule has 158 valence electrons. The van der Waals surface area contributed by atoms with Crippen molar-refractivity contribution in [1.82, 2.24) is 9.88 Å². The minimum absolute atomic E-state index is 0.0259. The molecule has 0 aliphatic carbocycles. The molecule has 2 N–H and O–H groups in total. The number of fused-ring (bicyclic) bond motifs is 2. The van der Waals surface area contributed by atoms with E-state index < -0.39 is 0 Å². The highest BCUT2D eigenvalue weighted by atomic mass is 16.2. The van der Waals surface area contributed by atoms with Gasteiger partial charge in [-0.1, -0.05) is 0 Å². The Labute approximate surface area is 179 Å². The van der Waals surface area contributed by atoms with Gasteiger partial charge in [-0.05, 0) is 60.9 Å². The molecule has 0 unspecified atom stereocenters. The highest BCUT2D eigenvalue weighted by Crippen LogP contribution is 2.27. The first-order valence-electron chi connectivity index (χ1n) is 10.6. The zero-order valence-corrected chi connectivity index (χ0v) is 17.4. The smallest absolute Gasteiger partial charge is 0.253 e. The van der Waals surface area contributed by atoms with E-state index in [9.17, 15) is 14.4 Å². The van der Waals surface area contributed by atoms with E-state index in [0.717, 1.165) is 46.5 Å². The van der Waals surface area contributed by atoms with Crippen molar-refractivity contribution in [3.63, 3.8) is 0 Å². The van der Waals surface area contributed by atoms with Crippen molar-refractivity contribution in [3.05, 3.63) is 69.5 Å². The number of H-pyrrole nitrogens is 1. The zero-order valence-electron chi connectivity index (χ0n) is 17.4. The van der Waals surface area contributed by atoms with Gasteiger partial charge in [0.2, 0.25) is 11.5 Å². The van der Waals surface area contributed by atoms with Crippen LogP contribution in [0.3, 0.4) is 0 Å². The van der Waals surface area contributed by atoms with E-state index in [-0.39, 0.29) is 17.4 Å². The summed E-state index contributed by atoms with van der Waals surface area (Å²) >= 11 is 0. The maximum Gasteiger partial charge on any atom is 0.253 e. The third-order valence-electron chi connectivity index (χ3n) is 6.19. The fourth-order valence-corrected chi connectivity index (χ4v) is 4.48. The number of pyridine rings is 1. The van der Waals surface area contributed by atoms with Gasteiger partial charge in [0.1, 0.15) is 0 Å². The number of piperazine rings is 1. The molecule has 5 rings (SSSR count). The third kappa shape index (κ3) is 3.67. The lowest BCUT2D eigenvalue weighted by atomic mass is 10.00. The zero-order chi connectivity index (χ0) is 21.5. The molecular weight excluding hydrogens is 392 g/mol. The molecule has 2 aromatic carbocycles. The van der Waals surface area contributed by atoms with Crippen molar-refractivity contribution >= 4 is 34.1 Å². The molecule has 1 aromatic heterocycles. The van der Waals surface area contributed by atoms with E-state index in [1.807, 2.05) is 30.0 Å². The second-order valence-corrected chi connectivity index (χ2v) is 8.25. The summed E-state index contributed by atoms with van der Waals surface area (Å²) < 4.78 is 0. The van der Waals surface area contributed by atoms with E-state index in [1.54, 1.807) is 12.1 Å². The molecule has 0 bridgehead atoms. The van der Waals surface area contributed by atoms with Crippen LogP contribution in [0, 0.1) is 6.92 Å². The van der Waals surface area contributed by atoms with Crippen LogP contribution in [0.15, 0.2) is 47.3 Å². The van der Waals surface area contributed by atoms with Crippen molar-refractivity contribution in [3.8, 4) is 0 Å². The van der Waals surface area contributed by atoms with Crippen LogP contribution in [0.4, 0.5) is 11.4 Å². The summed E-state index contributed by atoms with van der Waals surface area (Å²) in [5.74, 6) is 0.0598. The van der Waals surface area contributed by atoms with Gasteiger partial charge in [0.05, 0.1) is 5.52 Å². The number of carbonyl (C=O) groups excluding carboxylic acids is 2. The molecule has 2 amide bonds. The number of aryl methyl sites for hydroxylation is 2. The Morgan fingerprint density at radius 2 is 1.74 bits per heavy atom. The van der Waals surface area contributed by atoms with Gasteiger partial charge in [-0.15, -0.1) is 0 Å². The van der Waals surface area contributed by atoms with Gasteiger partial charge in [0.15, 0.2) is 0 Å². The van der Waals surface area contributed by atoms with Gasteiger partial charge >= 0.3 is 0 Å². The summed E-state index contributed by atoms with van der Waals surface area (Å²) in [5, 5.41) is 3.87. The Kier molecular flexibility index (Phi) is 4.73. The maximum absolute atomic E-state index is 13.0. The minimum atomic E-state index is -0.0972. The Morgan fingerprint density at radius 3 is 2.55 bits per heavy atom. The van der Waals surface area contributed by atoms with Crippen LogP contribution in [-0.4, -0.2) is 47.9 Å². The normalized spacial score (nSPS) is 16.2. The lowest BCUT2D eigenvalue weighted by molar-refractivity contribution is -0.116. The first-order chi connectivity index (χ1) is 15.0. The number of aromatic amines is 1. The third-order valence-corrected chi connectivity index (χ3v) is 6.19. The first-order valence-corrected chi connectivity index (χ1v) is 10.6. The topological polar surface area (TPSA) is 85.5 Å². The van der Waals surface area contributed by atoms with Crippen molar-refractivity contribution < 1.29 is 9.59 Å². The molecule has 3 heterocycles. The molecule has 3 aromatic rings. The molecule has 2 aliphatic heterocycles. The largest absolute Gasteiger partial charge is 0.368 e. The number of nitrogens with zero attached hydrogens (tertiary/aromatic N) is 2. The van der Waals surface area contributed by atoms with Crippen molar-refractivity contribution in [2.75, 3.05) is 36.4 Å². The highest BCUT2D eigenvalue weighted by Gasteiger charge is 2.24. The van der Waals surface area contributed by atoms with Crippen LogP contribution in [-0.2, 0) is 11.2 Å². The lowest BCUT2D eigenvalue weighted by Gasteiger charge is -2.36. The summed E-state index contributed by atoms with van der Waals surface area (Å²) in [7, 11) is 0. The summed E-state index contributed by atoms with van der Waals surface area (Å²) in [6.07, 6.45) is 1.13. The summed E-state index contributed by atoms with van der Waals surface area (Å²) in [6.45, 7) is 4.80. The highest BCUT2D eigenvalue weighted by molar-refractivity contribution is 5.98. The molecule has 7 heteroatoms. The number of hydrogen-bond acceptors (Lipinski definition) is 4. The minimum Gasteiger partial charge on any atom is -0.368 e. The van der Waals surface area contributed by atoms with E-state index in [2.05, 4.69) is 27.3 Å². The van der Waals surface area contributed by atoms with Gasteiger partial charge in [0.25, 0.3) is 5.91 Å². The second-order valence-electron chi connectivity index (χ2n) is 8.25. The monoisotopic (exact) mass is 416 g/mol. The summed E-state index contributed by atoms with van der Waals surface area (Å²) in [4.78, 5) is 43.3. The predicted octanol–water partition coefficient (Wildman–Crippen LogP) is 2.68. The SMILES string of the molecule is Cc1cc(N2CCN(C(=O)c3ccc4c(c3)CCC(=O)N4)CC2)cc2ccc(=O)[nH]c12. The van der Waals surface area contributed by atoms with Crippen LogP contribution in [0.2, 0.25) is 0 Å². The van der Waals surface area contributed by atoms with Crippen LogP contribution in [0.5, 0.6) is 0 Å². The van der Waals surface area contributed by atoms with Crippen LogP contribution >= 0.6 is 0 Å². The number of carbonyl (C=O) groups is 2. The molecule has 2 aliphatic rings. The molecule has 0 saturated carbocycles. The van der Waals surface area contributed by atoms with Gasteiger partial charge < -0.3 is 20.1 Å². The number of nitrogens with one attached hydrogen (secondary N) is 2. The molecule has 31 heavy (non-hydrogen) atoms. The molecule has 1 fully saturated rings. The van der Waals surface area contributed by atoms with Gasteiger partial charge in [0, 0.05) is 61.0 Å². The maximum atomic E-state index is 13.0. The van der Waals surface area contributed by atoms with Gasteiger partial charge in [-0.3, -0.25) is 14.4 Å². The van der Waals surface area contributed by atoms with Crippen molar-refractivity contribution in [2.45, 2.75) is 19.8 Å². The molecular formula is C24H24N4O3. The van der Waals surface area contributed by atoms with E-state index >= 15 is 0 Å². The Balaban J connectivity index is 1.30. The average Bonchev–Trinajstić information content (AvgIpc) is 2.78. The molecule has 7 nitrogen and oxygen atoms in total. The first kappa shape index (κ1) is 19.4. The predicted molar refractivity (Wildman–Crippen MR) is 121 cm³/mol. The van der Waals surface area contributed by atoms with Crippen LogP contribution < -0.4 is 15.8 Å². The van der Waals surface area contributed by atoms with E-state index in [0.29, 0.717) is 31.5 Å². The molecule has 0 spiro atoms. The van der Waals surface area contributed by atoms with Crippen LogP contribution in [0.25, 0.3) is 10.9 Å². The van der Waals surface area contributed by atoms with Crippen molar-refractivity contribution in [1.29, 1.82) is 0 Å². The Morgan fingerprint density at radius 1 is 0.935 bits per heavy atom. The fraction of sp³-hybridized carbons (Fsp3) is 0.292. The number of aromatic nitrogens is 1.